The van der Waals surface area contributed by atoms with Gasteiger partial charge in [-0.25, -0.2) is 0 Å². The quantitative estimate of drug-likeness (QED) is 0.453. The Morgan fingerprint density at radius 2 is 1.18 bits per heavy atom. The van der Waals surface area contributed by atoms with Gasteiger partial charge in [0.1, 0.15) is 0 Å². The highest BCUT2D eigenvalue weighted by Gasteiger charge is 2.42. The summed E-state index contributed by atoms with van der Waals surface area (Å²) in [5.41, 5.74) is 0.727. The Morgan fingerprint density at radius 3 is 1.45 bits per heavy atom. The van der Waals surface area contributed by atoms with Gasteiger partial charge in [0.15, 0.2) is 0 Å². The minimum atomic E-state index is -1.15. The van der Waals surface area contributed by atoms with Crippen molar-refractivity contribution >= 4 is 39.4 Å². The highest BCUT2D eigenvalue weighted by Crippen LogP contribution is 2.68. The molecular weight excluding hydrogens is 353 g/mol. The van der Waals surface area contributed by atoms with Crippen molar-refractivity contribution in [2.24, 2.45) is 0 Å². The number of hydrogen-bond donors (Lipinski definition) is 0. The molecule has 1 heterocycles. The lowest BCUT2D eigenvalue weighted by molar-refractivity contribution is 0.609. The summed E-state index contributed by atoms with van der Waals surface area (Å²) in [5.74, 6) is 0. The van der Waals surface area contributed by atoms with Gasteiger partial charge in [-0.05, 0) is 23.6 Å². The smallest absolute Gasteiger partial charge is 0.0537 e. The van der Waals surface area contributed by atoms with Gasteiger partial charge in [-0.1, -0.05) is 96.2 Å². The third kappa shape index (κ3) is 5.03. The summed E-state index contributed by atoms with van der Waals surface area (Å²) in [6, 6.07) is 0. The largest absolute Gasteiger partial charge is 0.0892 e. The first-order valence-corrected chi connectivity index (χ1v) is 19.5. The molecule has 1 aromatic heterocycles. The maximum Gasteiger partial charge on any atom is 0.0537 e. The lowest BCUT2D eigenvalue weighted by Gasteiger charge is -2.40. The van der Waals surface area contributed by atoms with Crippen LogP contribution in [0.4, 0.5) is 0 Å². The van der Waals surface area contributed by atoms with Gasteiger partial charge in [0, 0.05) is 10.1 Å². The second kappa shape index (κ2) is 6.42. The van der Waals surface area contributed by atoms with Crippen LogP contribution >= 0.6 is 23.3 Å². The van der Waals surface area contributed by atoms with Gasteiger partial charge in [-0.15, -0.1) is 0 Å². The summed E-state index contributed by atoms with van der Waals surface area (Å²) in [7, 11) is 1.04. The zero-order valence-electron chi connectivity index (χ0n) is 16.9. The molecule has 0 aliphatic rings. The van der Waals surface area contributed by atoms with E-state index in [4.69, 9.17) is 0 Å². The number of rotatable bonds is 3. The zero-order chi connectivity index (χ0) is 17.7. The van der Waals surface area contributed by atoms with Crippen molar-refractivity contribution in [1.82, 2.24) is 0 Å². The average molecular weight is 391 g/mol. The third-order valence-corrected chi connectivity index (χ3v) is 29.3. The minimum Gasteiger partial charge on any atom is -0.0892 e. The molecule has 0 spiro atoms. The predicted molar refractivity (Wildman–Crippen MR) is 117 cm³/mol. The molecule has 0 aliphatic heterocycles. The standard InChI is InChI=1S/C17H37P3Si2/c1-16(2,3)13-18-14(17(4,5)6)20(19-13)15(21(7,8)9)22(10,11)12/h15H,1-12H3. The SMILES string of the molecule is CC(C)(C)c1pc(C(C)(C)C)p(C([Si](C)(C)C)[Si](C)(C)C)p1. The van der Waals surface area contributed by atoms with Crippen LogP contribution in [-0.2, 0) is 10.8 Å². The zero-order valence-corrected chi connectivity index (χ0v) is 21.6. The van der Waals surface area contributed by atoms with E-state index in [0.717, 1.165) is 4.91 Å². The highest BCUT2D eigenvalue weighted by atomic mass is 31.9. The van der Waals surface area contributed by atoms with Crippen molar-refractivity contribution in [2.45, 2.75) is 96.6 Å². The Balaban J connectivity index is 3.66. The van der Waals surface area contributed by atoms with Crippen molar-refractivity contribution in [3.05, 3.63) is 10.1 Å². The van der Waals surface area contributed by atoms with Gasteiger partial charge >= 0.3 is 0 Å². The molecule has 22 heavy (non-hydrogen) atoms. The first-order valence-electron chi connectivity index (χ1n) is 8.43. The van der Waals surface area contributed by atoms with E-state index in [1.54, 1.807) is 21.1 Å². The molecule has 0 bridgehead atoms. The maximum absolute atomic E-state index is 2.63. The van der Waals surface area contributed by atoms with Crippen LogP contribution in [0.5, 0.6) is 0 Å². The Hall–Kier alpha value is 1.07. The normalized spacial score (nSPS) is 16.3. The molecule has 1 aromatic rings. The molecule has 0 fully saturated rings. The van der Waals surface area contributed by atoms with Crippen LogP contribution < -0.4 is 0 Å². The summed E-state index contributed by atoms with van der Waals surface area (Å²) >= 11 is 0. The van der Waals surface area contributed by atoms with Crippen LogP contribution in [-0.4, -0.2) is 16.1 Å². The maximum atomic E-state index is 2.63. The Labute approximate surface area is 146 Å². The van der Waals surface area contributed by atoms with E-state index in [-0.39, 0.29) is 7.21 Å². The van der Waals surface area contributed by atoms with E-state index in [0.29, 0.717) is 10.8 Å². The molecule has 5 heteroatoms. The van der Waals surface area contributed by atoms with Crippen molar-refractivity contribution in [3.8, 4) is 0 Å². The third-order valence-electron chi connectivity index (χ3n) is 3.86. The fraction of sp³-hybridized carbons (Fsp3) is 0.882. The molecule has 128 valence electrons. The summed E-state index contributed by atoms with van der Waals surface area (Å²) in [4.78, 5) is 1.04. The molecular formula is C17H37P3Si2. The minimum absolute atomic E-state index is 0.0232. The van der Waals surface area contributed by atoms with Crippen molar-refractivity contribution in [3.63, 3.8) is 0 Å². The monoisotopic (exact) mass is 390 g/mol. The van der Waals surface area contributed by atoms with Crippen molar-refractivity contribution < 1.29 is 0 Å². The molecule has 0 amide bonds. The van der Waals surface area contributed by atoms with Crippen LogP contribution in [0.25, 0.3) is 0 Å². The molecule has 0 aliphatic carbocycles. The summed E-state index contributed by atoms with van der Waals surface area (Å²) in [6.45, 7) is 30.4. The van der Waals surface area contributed by atoms with Crippen LogP contribution in [0.3, 0.4) is 0 Å². The van der Waals surface area contributed by atoms with E-state index in [2.05, 4.69) is 80.8 Å². The van der Waals surface area contributed by atoms with Crippen LogP contribution in [0.15, 0.2) is 0 Å². The molecule has 0 saturated carbocycles. The average Bonchev–Trinajstić information content (AvgIpc) is 2.55. The topological polar surface area (TPSA) is 0 Å². The molecule has 0 saturated heterocycles. The van der Waals surface area contributed by atoms with Gasteiger partial charge < -0.3 is 0 Å². The van der Waals surface area contributed by atoms with E-state index in [1.807, 2.05) is 5.03 Å². The lowest BCUT2D eigenvalue weighted by atomic mass is 10.0. The Bertz CT molecular complexity index is 506. The first-order chi connectivity index (χ1) is 9.45. The highest BCUT2D eigenvalue weighted by molar-refractivity contribution is 8.07. The van der Waals surface area contributed by atoms with Crippen LogP contribution in [0, 0.1) is 0 Å². The summed E-state index contributed by atoms with van der Waals surface area (Å²) in [5, 5.41) is 3.67. The first kappa shape index (κ1) is 21.1. The fourth-order valence-corrected chi connectivity index (χ4v) is 37.7. The van der Waals surface area contributed by atoms with Gasteiger partial charge in [-0.3, -0.25) is 0 Å². The van der Waals surface area contributed by atoms with Gasteiger partial charge in [-0.2, -0.15) is 0 Å². The lowest BCUT2D eigenvalue weighted by Crippen LogP contribution is -2.43. The van der Waals surface area contributed by atoms with Gasteiger partial charge in [0.2, 0.25) is 0 Å². The van der Waals surface area contributed by atoms with E-state index < -0.39 is 16.1 Å². The summed E-state index contributed by atoms with van der Waals surface area (Å²) in [6.07, 6.45) is 0. The Kier molecular flexibility index (Phi) is 6.16. The van der Waals surface area contributed by atoms with Crippen LogP contribution in [0.2, 0.25) is 39.3 Å². The van der Waals surface area contributed by atoms with Gasteiger partial charge in [0.25, 0.3) is 0 Å². The molecule has 0 N–H and O–H groups in total. The molecule has 0 radical (unpaired) electrons. The second-order valence-electron chi connectivity index (χ2n) is 10.8. The molecule has 1 atom stereocenters. The molecule has 0 aromatic carbocycles. The number of hydrogen-bond acceptors (Lipinski definition) is 0. The summed E-state index contributed by atoms with van der Waals surface area (Å²) < 4.78 is 0. The van der Waals surface area contributed by atoms with Crippen molar-refractivity contribution in [1.29, 1.82) is 0 Å². The molecule has 0 nitrogen and oxygen atoms in total. The van der Waals surface area contributed by atoms with Crippen LogP contribution in [0.1, 0.15) is 56.5 Å². The second-order valence-corrected chi connectivity index (χ2v) is 29.0. The van der Waals surface area contributed by atoms with Crippen molar-refractivity contribution in [2.75, 3.05) is 0 Å². The van der Waals surface area contributed by atoms with E-state index in [1.165, 1.54) is 0 Å². The van der Waals surface area contributed by atoms with Gasteiger partial charge in [0.05, 0.1) is 16.1 Å². The fourth-order valence-electron chi connectivity index (χ4n) is 3.37. The molecule has 1 unspecified atom stereocenters. The molecule has 1 rings (SSSR count). The van der Waals surface area contributed by atoms with E-state index in [9.17, 15) is 0 Å². The predicted octanol–water partition coefficient (Wildman–Crippen LogP) is 8.72. The van der Waals surface area contributed by atoms with E-state index >= 15 is 0 Å². The Morgan fingerprint density at radius 1 is 0.773 bits per heavy atom.